The van der Waals surface area contributed by atoms with Crippen LogP contribution in [-0.2, 0) is 0 Å². The topological polar surface area (TPSA) is 78.4 Å². The van der Waals surface area contributed by atoms with Crippen molar-refractivity contribution in [2.24, 2.45) is 0 Å². The van der Waals surface area contributed by atoms with E-state index >= 15 is 0 Å². The van der Waals surface area contributed by atoms with Gasteiger partial charge in [-0.3, -0.25) is 9.59 Å². The van der Waals surface area contributed by atoms with Crippen molar-refractivity contribution in [1.29, 1.82) is 0 Å². The number of benzene rings is 2. The van der Waals surface area contributed by atoms with Crippen molar-refractivity contribution in [3.05, 3.63) is 58.6 Å². The van der Waals surface area contributed by atoms with Gasteiger partial charge in [-0.15, -0.1) is 0 Å². The van der Waals surface area contributed by atoms with Crippen LogP contribution in [0.1, 0.15) is 20.7 Å². The Balaban J connectivity index is 2.23. The monoisotopic (exact) mass is 304 g/mol. The number of halogens is 1. The zero-order valence-electron chi connectivity index (χ0n) is 11.2. The molecule has 0 saturated heterocycles. The fraction of sp³-hybridized carbons (Fsp3) is 0.0667. The fourth-order valence-electron chi connectivity index (χ4n) is 1.77. The first kappa shape index (κ1) is 14.9. The fourth-order valence-corrected chi connectivity index (χ4v) is 1.94. The summed E-state index contributed by atoms with van der Waals surface area (Å²) < 4.78 is 0. The summed E-state index contributed by atoms with van der Waals surface area (Å²) in [7, 11) is 1.53. The van der Waals surface area contributed by atoms with Crippen molar-refractivity contribution in [1.82, 2.24) is 5.32 Å². The highest BCUT2D eigenvalue weighted by atomic mass is 35.5. The predicted octanol–water partition coefficient (Wildman–Crippen LogP) is 2.66. The summed E-state index contributed by atoms with van der Waals surface area (Å²) in [5.41, 5.74) is 0.930. The molecule has 0 bridgehead atoms. The van der Waals surface area contributed by atoms with Crippen molar-refractivity contribution in [2.75, 3.05) is 12.4 Å². The molecule has 3 N–H and O–H groups in total. The molecule has 0 saturated carbocycles. The zero-order chi connectivity index (χ0) is 15.4. The first-order valence-electron chi connectivity index (χ1n) is 6.13. The van der Waals surface area contributed by atoms with Crippen molar-refractivity contribution >= 4 is 29.1 Å². The number of hydrogen-bond acceptors (Lipinski definition) is 3. The minimum absolute atomic E-state index is 0.0628. The van der Waals surface area contributed by atoms with Crippen molar-refractivity contribution in [3.63, 3.8) is 0 Å². The third kappa shape index (κ3) is 3.52. The van der Waals surface area contributed by atoms with Crippen LogP contribution >= 0.6 is 11.6 Å². The van der Waals surface area contributed by atoms with Gasteiger partial charge in [0.25, 0.3) is 11.8 Å². The maximum Gasteiger partial charge on any atom is 0.259 e. The van der Waals surface area contributed by atoms with E-state index in [0.29, 0.717) is 16.3 Å². The lowest BCUT2D eigenvalue weighted by Crippen LogP contribution is -2.18. The van der Waals surface area contributed by atoms with E-state index in [9.17, 15) is 14.7 Å². The summed E-state index contributed by atoms with van der Waals surface area (Å²) in [6, 6.07) is 10.7. The molecule has 2 aromatic rings. The molecule has 0 aromatic heterocycles. The van der Waals surface area contributed by atoms with Gasteiger partial charge in [0.05, 0.1) is 5.56 Å². The minimum Gasteiger partial charge on any atom is -0.507 e. The molecule has 21 heavy (non-hydrogen) atoms. The molecular formula is C15H13ClN2O3. The number of nitrogens with one attached hydrogen (secondary N) is 2. The molecule has 6 heteroatoms. The predicted molar refractivity (Wildman–Crippen MR) is 80.9 cm³/mol. The third-order valence-electron chi connectivity index (χ3n) is 2.81. The van der Waals surface area contributed by atoms with Gasteiger partial charge >= 0.3 is 0 Å². The first-order valence-corrected chi connectivity index (χ1v) is 6.51. The third-order valence-corrected chi connectivity index (χ3v) is 3.05. The number of phenols is 1. The molecule has 2 aromatic carbocycles. The number of anilines is 1. The van der Waals surface area contributed by atoms with Gasteiger partial charge in [-0.1, -0.05) is 17.7 Å². The van der Waals surface area contributed by atoms with Crippen LogP contribution in [-0.4, -0.2) is 24.0 Å². The zero-order valence-corrected chi connectivity index (χ0v) is 11.9. The average Bonchev–Trinajstić information content (AvgIpc) is 2.49. The normalized spacial score (nSPS) is 10.0. The summed E-state index contributed by atoms with van der Waals surface area (Å²) in [5, 5.41) is 15.1. The Labute approximate surface area is 126 Å². The molecule has 0 aliphatic heterocycles. The summed E-state index contributed by atoms with van der Waals surface area (Å²) in [4.78, 5) is 23.6. The molecule has 2 rings (SSSR count). The average molecular weight is 305 g/mol. The van der Waals surface area contributed by atoms with E-state index in [1.54, 1.807) is 24.3 Å². The van der Waals surface area contributed by atoms with E-state index in [1.165, 1.54) is 25.2 Å². The Hall–Kier alpha value is -2.53. The Bertz CT molecular complexity index is 701. The standard InChI is InChI=1S/C15H13ClN2O3/c1-17-14(20)9-3-2-4-11(7-9)18-15(21)12-8-10(16)5-6-13(12)19/h2-8,19H,1H3,(H,17,20)(H,18,21). The molecule has 2 amide bonds. The van der Waals surface area contributed by atoms with Crippen molar-refractivity contribution < 1.29 is 14.7 Å². The molecule has 5 nitrogen and oxygen atoms in total. The van der Waals surface area contributed by atoms with Gasteiger partial charge in [0.15, 0.2) is 0 Å². The van der Waals surface area contributed by atoms with Crippen LogP contribution in [0.5, 0.6) is 5.75 Å². The molecule has 0 spiro atoms. The van der Waals surface area contributed by atoms with Gasteiger partial charge in [-0.25, -0.2) is 0 Å². The van der Waals surface area contributed by atoms with Crippen LogP contribution in [0.15, 0.2) is 42.5 Å². The van der Waals surface area contributed by atoms with Gasteiger partial charge in [0.2, 0.25) is 0 Å². The van der Waals surface area contributed by atoms with Gasteiger partial charge in [0, 0.05) is 23.3 Å². The van der Waals surface area contributed by atoms with E-state index in [-0.39, 0.29) is 17.2 Å². The second-order valence-electron chi connectivity index (χ2n) is 4.28. The number of carbonyl (C=O) groups is 2. The van der Waals surface area contributed by atoms with E-state index in [4.69, 9.17) is 11.6 Å². The van der Waals surface area contributed by atoms with Gasteiger partial charge in [0.1, 0.15) is 5.75 Å². The molecule has 0 heterocycles. The van der Waals surface area contributed by atoms with Crippen LogP contribution in [0.4, 0.5) is 5.69 Å². The molecule has 108 valence electrons. The number of hydrogen-bond donors (Lipinski definition) is 3. The number of amides is 2. The van der Waals surface area contributed by atoms with E-state index in [2.05, 4.69) is 10.6 Å². The van der Waals surface area contributed by atoms with Crippen LogP contribution in [0.2, 0.25) is 5.02 Å². The van der Waals surface area contributed by atoms with Gasteiger partial charge < -0.3 is 15.7 Å². The largest absolute Gasteiger partial charge is 0.507 e. The van der Waals surface area contributed by atoms with Gasteiger partial charge in [-0.05, 0) is 36.4 Å². The second kappa shape index (κ2) is 6.28. The summed E-state index contributed by atoms with van der Waals surface area (Å²) >= 11 is 5.81. The summed E-state index contributed by atoms with van der Waals surface area (Å²) in [6.07, 6.45) is 0. The Kier molecular flexibility index (Phi) is 4.45. The second-order valence-corrected chi connectivity index (χ2v) is 4.71. The quantitative estimate of drug-likeness (QED) is 0.815. The minimum atomic E-state index is -0.510. The van der Waals surface area contributed by atoms with Crippen LogP contribution in [0.3, 0.4) is 0 Å². The van der Waals surface area contributed by atoms with Crippen LogP contribution in [0, 0.1) is 0 Å². The number of phenolic OH excluding ortho intramolecular Hbond substituents is 1. The molecule has 0 atom stereocenters. The summed E-state index contributed by atoms with van der Waals surface area (Å²) in [6.45, 7) is 0. The smallest absolute Gasteiger partial charge is 0.259 e. The highest BCUT2D eigenvalue weighted by Crippen LogP contribution is 2.22. The highest BCUT2D eigenvalue weighted by molar-refractivity contribution is 6.31. The molecule has 0 radical (unpaired) electrons. The molecule has 0 aliphatic carbocycles. The van der Waals surface area contributed by atoms with E-state index in [1.807, 2.05) is 0 Å². The highest BCUT2D eigenvalue weighted by Gasteiger charge is 2.13. The van der Waals surface area contributed by atoms with Crippen LogP contribution < -0.4 is 10.6 Å². The number of rotatable bonds is 3. The lowest BCUT2D eigenvalue weighted by atomic mass is 10.1. The number of carbonyl (C=O) groups excluding carboxylic acids is 2. The summed E-state index contributed by atoms with van der Waals surface area (Å²) in [5.74, 6) is -0.930. The first-order chi connectivity index (χ1) is 10.0. The number of aromatic hydroxyl groups is 1. The van der Waals surface area contributed by atoms with Crippen LogP contribution in [0.25, 0.3) is 0 Å². The molecule has 0 aliphatic rings. The molecular weight excluding hydrogens is 292 g/mol. The molecule has 0 fully saturated rings. The lowest BCUT2D eigenvalue weighted by molar-refractivity contribution is 0.0961. The molecule has 0 unspecified atom stereocenters. The van der Waals surface area contributed by atoms with Crippen molar-refractivity contribution in [3.8, 4) is 5.75 Å². The maximum absolute atomic E-state index is 12.1. The van der Waals surface area contributed by atoms with Gasteiger partial charge in [-0.2, -0.15) is 0 Å². The lowest BCUT2D eigenvalue weighted by Gasteiger charge is -2.08. The van der Waals surface area contributed by atoms with E-state index in [0.717, 1.165) is 0 Å². The van der Waals surface area contributed by atoms with E-state index < -0.39 is 5.91 Å². The van der Waals surface area contributed by atoms with Crippen molar-refractivity contribution in [2.45, 2.75) is 0 Å². The SMILES string of the molecule is CNC(=O)c1cccc(NC(=O)c2cc(Cl)ccc2O)c1. The maximum atomic E-state index is 12.1. The Morgan fingerprint density at radius 2 is 1.86 bits per heavy atom. The Morgan fingerprint density at radius 1 is 1.10 bits per heavy atom. The Morgan fingerprint density at radius 3 is 2.57 bits per heavy atom.